The second-order valence-electron chi connectivity index (χ2n) is 6.69. The Morgan fingerprint density at radius 1 is 1.11 bits per heavy atom. The number of urea groups is 1. The third kappa shape index (κ3) is 4.91. The maximum absolute atomic E-state index is 12.7. The van der Waals surface area contributed by atoms with Crippen LogP contribution in [0.1, 0.15) is 37.8 Å². The average molecular weight is 389 g/mol. The largest absolute Gasteiger partial charge is 0.434 e. The summed E-state index contributed by atoms with van der Waals surface area (Å²) in [4.78, 5) is 14.9. The first-order valence-electron chi connectivity index (χ1n) is 9.53. The number of halogens is 2. The number of carbonyl (C=O) groups excluding carboxylic acids is 1. The van der Waals surface area contributed by atoms with Crippen molar-refractivity contribution in [1.82, 2.24) is 5.32 Å². The Kier molecular flexibility index (Phi) is 6.68. The van der Waals surface area contributed by atoms with Gasteiger partial charge in [-0.3, -0.25) is 0 Å². The molecule has 2 aromatic rings. The summed E-state index contributed by atoms with van der Waals surface area (Å²) < 4.78 is 30.0. The van der Waals surface area contributed by atoms with E-state index in [1.54, 1.807) is 18.2 Å². The van der Waals surface area contributed by atoms with Gasteiger partial charge in [-0.25, -0.2) is 4.79 Å². The van der Waals surface area contributed by atoms with Gasteiger partial charge in [0.1, 0.15) is 5.75 Å². The predicted molar refractivity (Wildman–Crippen MR) is 106 cm³/mol. The number of hydrogen-bond donors (Lipinski definition) is 2. The van der Waals surface area contributed by atoms with Crippen molar-refractivity contribution in [2.75, 3.05) is 23.3 Å². The first kappa shape index (κ1) is 19.9. The zero-order chi connectivity index (χ0) is 19.9. The molecule has 1 saturated heterocycles. The summed E-state index contributed by atoms with van der Waals surface area (Å²) in [5.41, 5.74) is 2.24. The quantitative estimate of drug-likeness (QED) is 0.688. The monoisotopic (exact) mass is 389 g/mol. The van der Waals surface area contributed by atoms with Crippen LogP contribution in [-0.4, -0.2) is 25.7 Å². The van der Waals surface area contributed by atoms with E-state index in [0.29, 0.717) is 12.0 Å². The summed E-state index contributed by atoms with van der Waals surface area (Å²) in [6.45, 7) is 0.897. The van der Waals surface area contributed by atoms with E-state index in [1.165, 1.54) is 6.07 Å². The van der Waals surface area contributed by atoms with E-state index in [2.05, 4.69) is 20.3 Å². The van der Waals surface area contributed by atoms with Crippen LogP contribution in [0, 0.1) is 0 Å². The Bertz CT molecular complexity index is 795. The van der Waals surface area contributed by atoms with Crippen molar-refractivity contribution in [1.29, 1.82) is 0 Å². The SMILES string of the molecule is CCC(NC(=O)Nc1ccccc1N1CCCC1)c1ccccc1OC(F)F. The summed E-state index contributed by atoms with van der Waals surface area (Å²) in [5.74, 6) is 0.0714. The minimum Gasteiger partial charge on any atom is -0.434 e. The van der Waals surface area contributed by atoms with E-state index in [1.807, 2.05) is 31.2 Å². The molecule has 0 spiro atoms. The number of rotatable bonds is 7. The number of alkyl halides is 2. The molecule has 1 aliphatic heterocycles. The number of benzene rings is 2. The Morgan fingerprint density at radius 3 is 2.50 bits per heavy atom. The molecule has 1 atom stereocenters. The van der Waals surface area contributed by atoms with Gasteiger partial charge in [0.15, 0.2) is 0 Å². The van der Waals surface area contributed by atoms with Crippen molar-refractivity contribution in [3.05, 3.63) is 54.1 Å². The van der Waals surface area contributed by atoms with Crippen molar-refractivity contribution in [3.8, 4) is 5.75 Å². The molecule has 0 bridgehead atoms. The standard InChI is InChI=1S/C21H25F2N3O2/c1-2-16(15-9-3-6-12-19(15)28-20(22)23)24-21(27)25-17-10-4-5-11-18(17)26-13-7-8-14-26/h3-6,9-12,16,20H,2,7-8,13-14H2,1H3,(H2,24,25,27). The molecule has 150 valence electrons. The minimum atomic E-state index is -2.92. The summed E-state index contributed by atoms with van der Waals surface area (Å²) in [5, 5.41) is 5.77. The van der Waals surface area contributed by atoms with Gasteiger partial charge in [-0.05, 0) is 37.5 Å². The second-order valence-corrected chi connectivity index (χ2v) is 6.69. The Morgan fingerprint density at radius 2 is 1.79 bits per heavy atom. The highest BCUT2D eigenvalue weighted by atomic mass is 19.3. The molecule has 0 radical (unpaired) electrons. The maximum Gasteiger partial charge on any atom is 0.387 e. The highest BCUT2D eigenvalue weighted by Crippen LogP contribution is 2.30. The van der Waals surface area contributed by atoms with Gasteiger partial charge in [-0.15, -0.1) is 0 Å². The molecule has 28 heavy (non-hydrogen) atoms. The fourth-order valence-corrected chi connectivity index (χ4v) is 3.50. The Hall–Kier alpha value is -2.83. The van der Waals surface area contributed by atoms with Crippen molar-refractivity contribution in [2.24, 2.45) is 0 Å². The molecule has 1 heterocycles. The molecule has 7 heteroatoms. The highest BCUT2D eigenvalue weighted by molar-refractivity contribution is 5.93. The van der Waals surface area contributed by atoms with Gasteiger partial charge < -0.3 is 20.3 Å². The lowest BCUT2D eigenvalue weighted by Gasteiger charge is -2.23. The zero-order valence-corrected chi connectivity index (χ0v) is 15.8. The topological polar surface area (TPSA) is 53.6 Å². The van der Waals surface area contributed by atoms with E-state index < -0.39 is 12.7 Å². The van der Waals surface area contributed by atoms with Gasteiger partial charge in [-0.1, -0.05) is 37.3 Å². The number of carbonyl (C=O) groups is 1. The molecule has 2 N–H and O–H groups in total. The van der Waals surface area contributed by atoms with Gasteiger partial charge in [0.2, 0.25) is 0 Å². The predicted octanol–water partition coefficient (Wildman–Crippen LogP) is 5.16. The summed E-state index contributed by atoms with van der Waals surface area (Å²) in [6, 6.07) is 13.4. The first-order valence-corrected chi connectivity index (χ1v) is 9.53. The van der Waals surface area contributed by atoms with Crippen LogP contribution in [0.25, 0.3) is 0 Å². The molecule has 0 saturated carbocycles. The second kappa shape index (κ2) is 9.39. The molecule has 1 aliphatic rings. The molecular weight excluding hydrogens is 364 g/mol. The fraction of sp³-hybridized carbons (Fsp3) is 0.381. The third-order valence-electron chi connectivity index (χ3n) is 4.82. The van der Waals surface area contributed by atoms with Crippen LogP contribution in [0.5, 0.6) is 5.75 Å². The summed E-state index contributed by atoms with van der Waals surface area (Å²) >= 11 is 0. The molecule has 1 unspecified atom stereocenters. The molecule has 1 fully saturated rings. The van der Waals surface area contributed by atoms with Crippen LogP contribution in [0.4, 0.5) is 25.0 Å². The van der Waals surface area contributed by atoms with Crippen LogP contribution in [-0.2, 0) is 0 Å². The van der Waals surface area contributed by atoms with Crippen LogP contribution in [0.3, 0.4) is 0 Å². The molecular formula is C21H25F2N3O2. The number of ether oxygens (including phenoxy) is 1. The molecule has 3 rings (SSSR count). The van der Waals surface area contributed by atoms with Gasteiger partial charge in [0, 0.05) is 18.7 Å². The van der Waals surface area contributed by atoms with E-state index in [4.69, 9.17) is 0 Å². The lowest BCUT2D eigenvalue weighted by Crippen LogP contribution is -2.33. The Balaban J connectivity index is 1.72. The first-order chi connectivity index (χ1) is 13.6. The average Bonchev–Trinajstić information content (AvgIpc) is 3.21. The van der Waals surface area contributed by atoms with E-state index in [9.17, 15) is 13.6 Å². The molecule has 0 aliphatic carbocycles. The number of nitrogens with zero attached hydrogens (tertiary/aromatic N) is 1. The normalized spacial score (nSPS) is 14.8. The lowest BCUT2D eigenvalue weighted by molar-refractivity contribution is -0.0506. The van der Waals surface area contributed by atoms with Crippen LogP contribution >= 0.6 is 0 Å². The smallest absolute Gasteiger partial charge is 0.387 e. The van der Waals surface area contributed by atoms with Crippen molar-refractivity contribution >= 4 is 17.4 Å². The van der Waals surface area contributed by atoms with Crippen LogP contribution in [0.2, 0.25) is 0 Å². The number of hydrogen-bond acceptors (Lipinski definition) is 3. The highest BCUT2D eigenvalue weighted by Gasteiger charge is 2.20. The number of anilines is 2. The number of para-hydroxylation sites is 3. The van der Waals surface area contributed by atoms with Gasteiger partial charge in [0.25, 0.3) is 0 Å². The fourth-order valence-electron chi connectivity index (χ4n) is 3.50. The van der Waals surface area contributed by atoms with Crippen molar-refractivity contribution in [3.63, 3.8) is 0 Å². The third-order valence-corrected chi connectivity index (χ3v) is 4.82. The number of amides is 2. The lowest BCUT2D eigenvalue weighted by atomic mass is 10.0. The van der Waals surface area contributed by atoms with Crippen molar-refractivity contribution in [2.45, 2.75) is 38.8 Å². The van der Waals surface area contributed by atoms with Crippen LogP contribution in [0.15, 0.2) is 48.5 Å². The van der Waals surface area contributed by atoms with Gasteiger partial charge >= 0.3 is 12.6 Å². The summed E-state index contributed by atoms with van der Waals surface area (Å²) in [6.07, 6.45) is 2.81. The zero-order valence-electron chi connectivity index (χ0n) is 15.8. The minimum absolute atomic E-state index is 0.0714. The van der Waals surface area contributed by atoms with Gasteiger partial charge in [-0.2, -0.15) is 8.78 Å². The molecule has 2 amide bonds. The van der Waals surface area contributed by atoms with E-state index >= 15 is 0 Å². The van der Waals surface area contributed by atoms with E-state index in [0.717, 1.165) is 37.3 Å². The number of nitrogens with one attached hydrogen (secondary N) is 2. The van der Waals surface area contributed by atoms with E-state index in [-0.39, 0.29) is 11.8 Å². The molecule has 0 aromatic heterocycles. The Labute approximate surface area is 163 Å². The molecule has 5 nitrogen and oxygen atoms in total. The molecule has 2 aromatic carbocycles. The van der Waals surface area contributed by atoms with Gasteiger partial charge in [0.05, 0.1) is 17.4 Å². The van der Waals surface area contributed by atoms with Crippen LogP contribution < -0.4 is 20.3 Å². The maximum atomic E-state index is 12.7. The van der Waals surface area contributed by atoms with Crippen molar-refractivity contribution < 1.29 is 18.3 Å². The summed E-state index contributed by atoms with van der Waals surface area (Å²) in [7, 11) is 0.